The minimum atomic E-state index is -6.81. The molecule has 0 saturated carbocycles. The van der Waals surface area contributed by atoms with E-state index in [9.17, 15) is 55.3 Å². The monoisotopic (exact) mass is 957 g/mol. The number of aromatic hydroxyl groups is 1. The van der Waals surface area contributed by atoms with Gasteiger partial charge in [0.25, 0.3) is 0 Å². The van der Waals surface area contributed by atoms with Gasteiger partial charge < -0.3 is 43.4 Å². The summed E-state index contributed by atoms with van der Waals surface area (Å²) in [5.41, 5.74) is 1.61. The fraction of sp³-hybridized carbons (Fsp3) is 0.512. The molecular formula is C43H42F7N3O12S. The number of benzene rings is 3. The summed E-state index contributed by atoms with van der Waals surface area (Å²) in [4.78, 5) is 44.1. The normalized spacial score (nSPS) is 27.0. The van der Waals surface area contributed by atoms with Gasteiger partial charge in [-0.05, 0) is 68.1 Å². The van der Waals surface area contributed by atoms with Gasteiger partial charge in [-0.2, -0.15) is 30.7 Å². The Hall–Kier alpha value is -5.23. The average Bonchev–Trinajstić information content (AvgIpc) is 3.75. The van der Waals surface area contributed by atoms with Crippen molar-refractivity contribution in [1.29, 1.82) is 0 Å². The third kappa shape index (κ3) is 6.42. The van der Waals surface area contributed by atoms with Crippen LogP contribution in [-0.4, -0.2) is 121 Å². The summed E-state index contributed by atoms with van der Waals surface area (Å²) in [6.07, 6.45) is -7.74. The van der Waals surface area contributed by atoms with Crippen LogP contribution in [0.15, 0.2) is 18.2 Å². The second kappa shape index (κ2) is 15.7. The number of phenols is 1. The lowest BCUT2D eigenvalue weighted by atomic mass is 9.73. The van der Waals surface area contributed by atoms with Gasteiger partial charge in [-0.1, -0.05) is 6.07 Å². The number of aliphatic hydroxyl groups excluding tert-OH is 1. The third-order valence-electron chi connectivity index (χ3n) is 13.5. The van der Waals surface area contributed by atoms with E-state index in [1.165, 1.54) is 25.8 Å². The molecule has 66 heavy (non-hydrogen) atoms. The molecule has 7 atom stereocenters. The van der Waals surface area contributed by atoms with E-state index in [2.05, 4.69) is 10.1 Å². The Bertz CT molecular complexity index is 2580. The lowest BCUT2D eigenvalue weighted by Gasteiger charge is -2.62. The number of methoxy groups -OCH3 is 2. The van der Waals surface area contributed by atoms with Crippen LogP contribution < -0.4 is 33.7 Å². The molecule has 7 heterocycles. The number of fused-ring (bicyclic) bond motifs is 9. The van der Waals surface area contributed by atoms with E-state index in [0.29, 0.717) is 34.2 Å². The van der Waals surface area contributed by atoms with Crippen LogP contribution in [0.4, 0.5) is 30.7 Å². The molecule has 2 fully saturated rings. The highest BCUT2D eigenvalue weighted by Gasteiger charge is 2.77. The first-order valence-corrected chi connectivity index (χ1v) is 21.6. The van der Waals surface area contributed by atoms with Gasteiger partial charge in [-0.3, -0.25) is 19.9 Å². The summed E-state index contributed by atoms with van der Waals surface area (Å²) in [5.74, 6) is -18.8. The lowest BCUT2D eigenvalue weighted by molar-refractivity contribution is -0.346. The van der Waals surface area contributed by atoms with E-state index >= 15 is 0 Å². The molecule has 10 rings (SSSR count). The molecule has 1 spiro atoms. The molecule has 3 N–H and O–H groups in total. The standard InChI is InChI=1S/C43H42F7N3O12S/c1-16-9-20-10-22-37(56)53-23-13-61-38(57)40(21-12-24(59-5)25(11-19(21)7-8-51-40)65-39(58)41(44,45)42(46,47)43(48,49)50)14-66-36(30(53)29(52(22)4)26(20)31(55)32(16)60-6)28-27(23)35-34(62-15-63-35)17(2)33(28)64-18(3)54/h9,11-12,22-23,29-30,36-37,51,55-56H,7-8,10,13-15H2,1-6H3/t22-,23-,29-,30?,36-,37+,40-/m1/s1. The van der Waals surface area contributed by atoms with Gasteiger partial charge in [0.2, 0.25) is 6.79 Å². The van der Waals surface area contributed by atoms with Crippen LogP contribution in [-0.2, 0) is 37.5 Å². The van der Waals surface area contributed by atoms with Crippen molar-refractivity contribution in [2.45, 2.75) is 92.8 Å². The summed E-state index contributed by atoms with van der Waals surface area (Å²) in [5, 5.41) is 27.0. The predicted octanol–water partition coefficient (Wildman–Crippen LogP) is 5.45. The number of likely N-dealkylation sites (N-methyl/N-ethyl adjacent to an activating group) is 1. The number of halogens is 7. The van der Waals surface area contributed by atoms with Crippen molar-refractivity contribution in [3.63, 3.8) is 0 Å². The summed E-state index contributed by atoms with van der Waals surface area (Å²) in [7, 11) is 4.24. The van der Waals surface area contributed by atoms with E-state index < -0.39 is 95.2 Å². The molecule has 0 radical (unpaired) electrons. The molecule has 1 unspecified atom stereocenters. The van der Waals surface area contributed by atoms with E-state index in [0.717, 1.165) is 24.8 Å². The second-order valence-electron chi connectivity index (χ2n) is 16.9. The number of hydrogen-bond donors (Lipinski definition) is 3. The van der Waals surface area contributed by atoms with Crippen molar-refractivity contribution in [2.24, 2.45) is 0 Å². The van der Waals surface area contributed by atoms with Gasteiger partial charge in [-0.25, -0.2) is 9.59 Å². The highest BCUT2D eigenvalue weighted by molar-refractivity contribution is 7.99. The van der Waals surface area contributed by atoms with Crippen LogP contribution in [0.25, 0.3) is 0 Å². The van der Waals surface area contributed by atoms with Crippen molar-refractivity contribution in [3.8, 4) is 40.2 Å². The van der Waals surface area contributed by atoms with Gasteiger partial charge in [0, 0.05) is 47.5 Å². The first kappa shape index (κ1) is 45.9. The molecule has 2 saturated heterocycles. The number of rotatable bonds is 6. The van der Waals surface area contributed by atoms with Crippen LogP contribution in [0, 0.1) is 13.8 Å². The number of phenolic OH excluding ortho intramolecular Hbond substituents is 1. The van der Waals surface area contributed by atoms with Gasteiger partial charge in [0.05, 0.1) is 37.6 Å². The zero-order valence-electron chi connectivity index (χ0n) is 35.9. The number of aryl methyl sites for hydroxylation is 1. The Balaban J connectivity index is 1.22. The zero-order valence-corrected chi connectivity index (χ0v) is 36.7. The number of nitrogens with zero attached hydrogens (tertiary/aromatic N) is 2. The predicted molar refractivity (Wildman–Crippen MR) is 214 cm³/mol. The minimum Gasteiger partial charge on any atom is -0.504 e. The molecule has 356 valence electrons. The molecule has 3 aromatic rings. The second-order valence-corrected chi connectivity index (χ2v) is 18.1. The van der Waals surface area contributed by atoms with Crippen LogP contribution in [0.5, 0.6) is 40.2 Å². The van der Waals surface area contributed by atoms with Gasteiger partial charge in [0.15, 0.2) is 40.0 Å². The van der Waals surface area contributed by atoms with Gasteiger partial charge >= 0.3 is 35.9 Å². The Morgan fingerprint density at radius 3 is 2.30 bits per heavy atom. The molecule has 0 amide bonds. The van der Waals surface area contributed by atoms with Crippen LogP contribution in [0.2, 0.25) is 0 Å². The molecule has 15 nitrogen and oxygen atoms in total. The summed E-state index contributed by atoms with van der Waals surface area (Å²) in [6, 6.07) is 0.844. The first-order valence-electron chi connectivity index (χ1n) is 20.5. The van der Waals surface area contributed by atoms with Crippen LogP contribution in [0.1, 0.15) is 68.8 Å². The van der Waals surface area contributed by atoms with Crippen molar-refractivity contribution in [3.05, 3.63) is 62.7 Å². The average molecular weight is 958 g/mol. The maximum Gasteiger partial charge on any atom is 0.460 e. The number of esters is 3. The van der Waals surface area contributed by atoms with E-state index in [-0.39, 0.29) is 65.4 Å². The number of ether oxygens (including phenoxy) is 7. The fourth-order valence-electron chi connectivity index (χ4n) is 10.5. The number of nitrogens with one attached hydrogen (secondary N) is 1. The SMILES string of the molecule is COc1cc2c(cc1OC(=O)C(F)(F)C(F)(F)C(F)(F)F)CCN[C@]21CS[C@@H]2c3c(OC(C)=O)c(C)c4c(c3[C@@H](COC1=O)N1C2[C@H]2c3c(cc(C)c(OC)c3O)C[C@H]([C@@H]1O)N2C)OCO4. The van der Waals surface area contributed by atoms with E-state index in [4.69, 9.17) is 28.4 Å². The lowest BCUT2D eigenvalue weighted by Crippen LogP contribution is -2.70. The first-order chi connectivity index (χ1) is 31.0. The number of carbonyl (C=O) groups is 3. The Morgan fingerprint density at radius 1 is 0.924 bits per heavy atom. The molecule has 0 aliphatic carbocycles. The van der Waals surface area contributed by atoms with Crippen molar-refractivity contribution in [1.82, 2.24) is 15.1 Å². The number of thioether (sulfide) groups is 1. The smallest absolute Gasteiger partial charge is 0.460 e. The quantitative estimate of drug-likeness (QED) is 0.162. The summed E-state index contributed by atoms with van der Waals surface area (Å²) < 4.78 is 135. The highest BCUT2D eigenvalue weighted by atomic mass is 32.2. The maximum atomic E-state index is 14.9. The Labute approximate surface area is 375 Å². The topological polar surface area (TPSA) is 175 Å². The van der Waals surface area contributed by atoms with Crippen molar-refractivity contribution < 1.29 is 88.5 Å². The molecule has 7 aliphatic rings. The van der Waals surface area contributed by atoms with Crippen LogP contribution >= 0.6 is 11.8 Å². The van der Waals surface area contributed by atoms with Crippen molar-refractivity contribution in [2.75, 3.05) is 47.0 Å². The minimum absolute atomic E-state index is 0.000991. The summed E-state index contributed by atoms with van der Waals surface area (Å²) in [6.45, 7) is 4.00. The Morgan fingerprint density at radius 2 is 1.64 bits per heavy atom. The number of piperazine rings is 1. The molecular weight excluding hydrogens is 916 g/mol. The molecule has 0 aromatic heterocycles. The maximum absolute atomic E-state index is 14.9. The highest BCUT2D eigenvalue weighted by Crippen LogP contribution is 2.64. The molecule has 4 bridgehead atoms. The third-order valence-corrected chi connectivity index (χ3v) is 14.9. The largest absolute Gasteiger partial charge is 0.504 e. The van der Waals surface area contributed by atoms with Gasteiger partial charge in [0.1, 0.15) is 18.6 Å². The van der Waals surface area contributed by atoms with Crippen LogP contribution in [0.3, 0.4) is 0 Å². The molecule has 7 aliphatic heterocycles. The number of hydrogen-bond acceptors (Lipinski definition) is 16. The summed E-state index contributed by atoms with van der Waals surface area (Å²) >= 11 is 1.17. The van der Waals surface area contributed by atoms with Crippen molar-refractivity contribution >= 4 is 29.7 Å². The van der Waals surface area contributed by atoms with E-state index in [1.54, 1.807) is 13.8 Å². The zero-order chi connectivity index (χ0) is 47.7. The molecule has 3 aromatic carbocycles. The van der Waals surface area contributed by atoms with E-state index in [1.807, 2.05) is 22.9 Å². The number of aliphatic hydroxyl groups is 1. The number of alkyl halides is 7. The van der Waals surface area contributed by atoms with Gasteiger partial charge in [-0.15, -0.1) is 11.8 Å². The fourth-order valence-corrected chi connectivity index (χ4v) is 12.2. The Kier molecular flexibility index (Phi) is 10.9. The molecule has 23 heteroatoms. The number of carbonyl (C=O) groups excluding carboxylic acids is 3.